The molecule has 2 saturated heterocycles. The highest BCUT2D eigenvalue weighted by molar-refractivity contribution is 5.82. The van der Waals surface area contributed by atoms with Crippen LogP contribution in [0.1, 0.15) is 12.8 Å². The maximum Gasteiger partial charge on any atom is 0.239 e. The fraction of sp³-hybridized carbons (Fsp3) is 0.900. The van der Waals surface area contributed by atoms with E-state index in [9.17, 15) is 9.90 Å². The van der Waals surface area contributed by atoms with Gasteiger partial charge in [0.2, 0.25) is 5.91 Å². The van der Waals surface area contributed by atoms with E-state index in [0.29, 0.717) is 19.5 Å². The average molecular weight is 214 g/mol. The second-order valence-corrected chi connectivity index (χ2v) is 4.28. The van der Waals surface area contributed by atoms with Crippen molar-refractivity contribution in [2.24, 2.45) is 0 Å². The summed E-state index contributed by atoms with van der Waals surface area (Å²) in [7, 11) is 1.67. The third-order valence-electron chi connectivity index (χ3n) is 3.20. The van der Waals surface area contributed by atoms with Crippen molar-refractivity contribution in [3.05, 3.63) is 0 Å². The molecule has 0 aliphatic carbocycles. The monoisotopic (exact) mass is 214 g/mol. The Bertz CT molecular complexity index is 247. The number of carbonyl (C=O) groups is 1. The molecule has 3 atom stereocenters. The minimum absolute atomic E-state index is 0.103. The summed E-state index contributed by atoms with van der Waals surface area (Å²) >= 11 is 0. The lowest BCUT2D eigenvalue weighted by Gasteiger charge is -2.19. The number of nitrogens with one attached hydrogen (secondary N) is 1. The number of β-amino-alcohol motifs (C(OH)–C–C–N with tert-alkyl or cyclic N) is 1. The number of hydrogen-bond acceptors (Lipinski definition) is 4. The molecule has 0 bridgehead atoms. The third-order valence-corrected chi connectivity index (χ3v) is 3.20. The van der Waals surface area contributed by atoms with Gasteiger partial charge in [-0.2, -0.15) is 0 Å². The summed E-state index contributed by atoms with van der Waals surface area (Å²) in [6.07, 6.45) is 1.24. The number of carbonyl (C=O) groups excluding carboxylic acids is 1. The standard InChI is InChI=1S/C10H18N2O3/c1-15-8-4-9(11-5-8)10(14)12-3-2-7(13)6-12/h7-9,11,13H,2-6H2,1H3/t7-,8?,9?/m1/s1. The van der Waals surface area contributed by atoms with Gasteiger partial charge in [0.15, 0.2) is 0 Å². The van der Waals surface area contributed by atoms with Gasteiger partial charge in [0.05, 0.1) is 18.2 Å². The molecule has 2 fully saturated rings. The van der Waals surface area contributed by atoms with E-state index < -0.39 is 0 Å². The second kappa shape index (κ2) is 4.47. The Kier molecular flexibility index (Phi) is 3.23. The minimum Gasteiger partial charge on any atom is -0.391 e. The van der Waals surface area contributed by atoms with E-state index in [2.05, 4.69) is 5.32 Å². The summed E-state index contributed by atoms with van der Waals surface area (Å²) < 4.78 is 5.19. The normalized spacial score (nSPS) is 36.1. The van der Waals surface area contributed by atoms with Gasteiger partial charge in [-0.1, -0.05) is 0 Å². The summed E-state index contributed by atoms with van der Waals surface area (Å²) in [5.41, 5.74) is 0. The van der Waals surface area contributed by atoms with Gasteiger partial charge in [0, 0.05) is 26.7 Å². The smallest absolute Gasteiger partial charge is 0.239 e. The molecule has 2 heterocycles. The van der Waals surface area contributed by atoms with Crippen molar-refractivity contribution in [1.82, 2.24) is 10.2 Å². The van der Waals surface area contributed by atoms with Gasteiger partial charge >= 0.3 is 0 Å². The minimum atomic E-state index is -0.339. The van der Waals surface area contributed by atoms with Crippen molar-refractivity contribution in [1.29, 1.82) is 0 Å². The number of methoxy groups -OCH3 is 1. The van der Waals surface area contributed by atoms with Crippen LogP contribution in [0.4, 0.5) is 0 Å². The lowest BCUT2D eigenvalue weighted by atomic mass is 10.2. The van der Waals surface area contributed by atoms with Crippen molar-refractivity contribution in [2.45, 2.75) is 31.1 Å². The van der Waals surface area contributed by atoms with Crippen LogP contribution in [0.5, 0.6) is 0 Å². The summed E-state index contributed by atoms with van der Waals surface area (Å²) in [4.78, 5) is 13.7. The van der Waals surface area contributed by atoms with Crippen molar-refractivity contribution >= 4 is 5.91 Å². The van der Waals surface area contributed by atoms with Crippen LogP contribution < -0.4 is 5.32 Å². The van der Waals surface area contributed by atoms with Crippen molar-refractivity contribution in [3.8, 4) is 0 Å². The number of aliphatic hydroxyl groups excluding tert-OH is 1. The quantitative estimate of drug-likeness (QED) is 0.616. The van der Waals surface area contributed by atoms with Crippen LogP contribution in [0.3, 0.4) is 0 Å². The van der Waals surface area contributed by atoms with Gasteiger partial charge in [0.1, 0.15) is 0 Å². The number of likely N-dealkylation sites (tertiary alicyclic amines) is 1. The highest BCUT2D eigenvalue weighted by Gasteiger charge is 2.34. The van der Waals surface area contributed by atoms with Crippen LogP contribution in [0.2, 0.25) is 0 Å². The molecule has 0 aromatic heterocycles. The largest absolute Gasteiger partial charge is 0.391 e. The van der Waals surface area contributed by atoms with Gasteiger partial charge in [-0.05, 0) is 12.8 Å². The molecule has 2 rings (SSSR count). The molecule has 2 unspecified atom stereocenters. The van der Waals surface area contributed by atoms with Crippen LogP contribution in [0, 0.1) is 0 Å². The van der Waals surface area contributed by atoms with E-state index >= 15 is 0 Å². The van der Waals surface area contributed by atoms with E-state index in [1.165, 1.54) is 0 Å². The molecule has 0 spiro atoms. The number of nitrogens with zero attached hydrogens (tertiary/aromatic N) is 1. The average Bonchev–Trinajstić information content (AvgIpc) is 2.84. The van der Waals surface area contributed by atoms with Crippen molar-refractivity contribution in [3.63, 3.8) is 0 Å². The van der Waals surface area contributed by atoms with Gasteiger partial charge in [0.25, 0.3) is 0 Å². The van der Waals surface area contributed by atoms with Crippen LogP contribution in [-0.4, -0.2) is 60.9 Å². The van der Waals surface area contributed by atoms with Gasteiger partial charge in [-0.15, -0.1) is 0 Å². The van der Waals surface area contributed by atoms with E-state index in [4.69, 9.17) is 4.74 Å². The summed E-state index contributed by atoms with van der Waals surface area (Å²) in [6.45, 7) is 1.90. The van der Waals surface area contributed by atoms with E-state index in [-0.39, 0.29) is 24.2 Å². The summed E-state index contributed by atoms with van der Waals surface area (Å²) in [6, 6.07) is -0.125. The summed E-state index contributed by atoms with van der Waals surface area (Å²) in [5, 5.41) is 12.5. The third kappa shape index (κ3) is 2.30. The number of ether oxygens (including phenoxy) is 1. The molecule has 5 nitrogen and oxygen atoms in total. The molecule has 2 aliphatic rings. The van der Waals surface area contributed by atoms with Crippen molar-refractivity contribution in [2.75, 3.05) is 26.7 Å². The zero-order valence-corrected chi connectivity index (χ0v) is 8.98. The summed E-state index contributed by atoms with van der Waals surface area (Å²) in [5.74, 6) is 0.103. The number of rotatable bonds is 2. The predicted octanol–water partition coefficient (Wildman–Crippen LogP) is -1.04. The molecule has 15 heavy (non-hydrogen) atoms. The first-order chi connectivity index (χ1) is 7.20. The molecule has 5 heteroatoms. The fourth-order valence-corrected chi connectivity index (χ4v) is 2.23. The van der Waals surface area contributed by atoms with Crippen LogP contribution >= 0.6 is 0 Å². The first kappa shape index (κ1) is 10.9. The Labute approximate surface area is 89.4 Å². The van der Waals surface area contributed by atoms with E-state index in [1.807, 2.05) is 0 Å². The Hall–Kier alpha value is -0.650. The van der Waals surface area contributed by atoms with E-state index in [1.54, 1.807) is 12.0 Å². The molecule has 0 aromatic carbocycles. The molecule has 2 aliphatic heterocycles. The first-order valence-electron chi connectivity index (χ1n) is 5.43. The maximum absolute atomic E-state index is 12.0. The molecule has 0 saturated carbocycles. The Morgan fingerprint density at radius 1 is 1.60 bits per heavy atom. The Morgan fingerprint density at radius 2 is 2.40 bits per heavy atom. The highest BCUT2D eigenvalue weighted by atomic mass is 16.5. The Balaban J connectivity index is 1.86. The first-order valence-corrected chi connectivity index (χ1v) is 5.43. The zero-order valence-electron chi connectivity index (χ0n) is 8.98. The number of amides is 1. The van der Waals surface area contributed by atoms with Gasteiger partial charge in [-0.25, -0.2) is 0 Å². The van der Waals surface area contributed by atoms with Crippen LogP contribution in [-0.2, 0) is 9.53 Å². The van der Waals surface area contributed by atoms with Crippen molar-refractivity contribution < 1.29 is 14.6 Å². The van der Waals surface area contributed by atoms with Crippen LogP contribution in [0.25, 0.3) is 0 Å². The molecule has 86 valence electrons. The maximum atomic E-state index is 12.0. The lowest BCUT2D eigenvalue weighted by molar-refractivity contribution is -0.132. The fourth-order valence-electron chi connectivity index (χ4n) is 2.23. The van der Waals surface area contributed by atoms with E-state index in [0.717, 1.165) is 13.0 Å². The zero-order chi connectivity index (χ0) is 10.8. The number of hydrogen-bond donors (Lipinski definition) is 2. The lowest BCUT2D eigenvalue weighted by Crippen LogP contribution is -2.42. The molecular weight excluding hydrogens is 196 g/mol. The SMILES string of the molecule is COC1CNC(C(=O)N2CC[C@@H](O)C2)C1. The molecule has 0 radical (unpaired) electrons. The topological polar surface area (TPSA) is 61.8 Å². The molecular formula is C10H18N2O3. The number of aliphatic hydroxyl groups is 1. The second-order valence-electron chi connectivity index (χ2n) is 4.28. The molecule has 1 amide bonds. The molecule has 0 aromatic rings. The van der Waals surface area contributed by atoms with Crippen LogP contribution in [0.15, 0.2) is 0 Å². The predicted molar refractivity (Wildman–Crippen MR) is 54.4 cm³/mol. The molecule has 2 N–H and O–H groups in total. The Morgan fingerprint density at radius 3 is 2.93 bits per heavy atom. The van der Waals surface area contributed by atoms with Gasteiger partial charge in [-0.3, -0.25) is 4.79 Å². The highest BCUT2D eigenvalue weighted by Crippen LogP contribution is 2.16. The van der Waals surface area contributed by atoms with Gasteiger partial charge < -0.3 is 20.1 Å².